The monoisotopic (exact) mass is 566 g/mol. The Labute approximate surface area is 236 Å². The van der Waals surface area contributed by atoms with Crippen LogP contribution in [-0.2, 0) is 12.7 Å². The number of aromatic nitrogens is 4. The lowest BCUT2D eigenvalue weighted by Crippen LogP contribution is -2.18. The molecule has 2 aromatic carbocycles. The maximum atomic E-state index is 13.6. The zero-order valence-electron chi connectivity index (χ0n) is 23.4. The molecule has 4 N–H and O–H groups in total. The number of carbonyl (C=O) groups is 1. The second-order valence-corrected chi connectivity index (χ2v) is 9.65. The van der Waals surface area contributed by atoms with Gasteiger partial charge in [-0.3, -0.25) is 4.79 Å². The molecule has 1 amide bonds. The molecule has 9 nitrogen and oxygen atoms in total. The minimum atomic E-state index is -4.58. The Bertz CT molecular complexity index is 1520. The topological polar surface area (TPSA) is 109 Å². The van der Waals surface area contributed by atoms with Crippen molar-refractivity contribution in [1.82, 2.24) is 25.1 Å². The first kappa shape index (κ1) is 29.5. The first-order chi connectivity index (χ1) is 19.6. The number of aryl methyl sites for hydroxylation is 2. The Kier molecular flexibility index (Phi) is 9.23. The van der Waals surface area contributed by atoms with E-state index in [0.29, 0.717) is 40.9 Å². The third-order valence-electron chi connectivity index (χ3n) is 6.33. The summed E-state index contributed by atoms with van der Waals surface area (Å²) in [5, 5.41) is 16.7. The van der Waals surface area contributed by atoms with E-state index >= 15 is 0 Å². The molecule has 0 saturated heterocycles. The normalized spacial score (nSPS) is 11.4. The van der Waals surface area contributed by atoms with E-state index in [-0.39, 0.29) is 12.1 Å². The molecule has 2 heterocycles. The third-order valence-corrected chi connectivity index (χ3v) is 6.33. The number of benzene rings is 2. The molecule has 0 spiro atoms. The summed E-state index contributed by atoms with van der Waals surface area (Å²) in [6.45, 7) is 6.70. The van der Waals surface area contributed by atoms with Crippen molar-refractivity contribution in [3.8, 4) is 5.82 Å². The van der Waals surface area contributed by atoms with Crippen LogP contribution in [0.2, 0.25) is 0 Å². The fourth-order valence-electron chi connectivity index (χ4n) is 4.16. The standard InChI is InChI=1S/C29H33F3N8O/c1-5-6-9-34-16-20-11-21(13-22(12-20)29(30,31)32)28(41)37-23-8-7-18(2)24(14-23)38-27-10-19(3)39-40(27)26-15-25(33-4)35-17-36-26/h7-8,10-15,17,34,38H,5-6,9,16H2,1-4H3,(H,37,41)(H,33,35,36). The van der Waals surface area contributed by atoms with Crippen LogP contribution >= 0.6 is 0 Å². The lowest BCUT2D eigenvalue weighted by molar-refractivity contribution is -0.137. The summed E-state index contributed by atoms with van der Waals surface area (Å²) in [5.74, 6) is 1.17. The number of hydrogen-bond acceptors (Lipinski definition) is 7. The summed E-state index contributed by atoms with van der Waals surface area (Å²) in [6, 6.07) is 12.3. The van der Waals surface area contributed by atoms with Crippen LogP contribution in [0.15, 0.2) is 54.9 Å². The number of rotatable bonds is 11. The van der Waals surface area contributed by atoms with Crippen LogP contribution in [0.4, 0.5) is 36.2 Å². The molecule has 0 radical (unpaired) electrons. The molecule has 4 aromatic rings. The van der Waals surface area contributed by atoms with E-state index < -0.39 is 17.6 Å². The van der Waals surface area contributed by atoms with Gasteiger partial charge in [0.05, 0.1) is 11.3 Å². The van der Waals surface area contributed by atoms with Crippen molar-refractivity contribution in [2.24, 2.45) is 0 Å². The number of hydrogen-bond donors (Lipinski definition) is 4. The molecule has 216 valence electrons. The predicted molar refractivity (Wildman–Crippen MR) is 154 cm³/mol. The molecule has 0 aliphatic heterocycles. The van der Waals surface area contributed by atoms with Crippen LogP contribution < -0.4 is 21.3 Å². The summed E-state index contributed by atoms with van der Waals surface area (Å²) >= 11 is 0. The molecule has 41 heavy (non-hydrogen) atoms. The SMILES string of the molecule is CCCCNCc1cc(C(=O)Nc2ccc(C)c(Nc3cc(C)nn3-c3cc(NC)ncn3)c2)cc(C(F)(F)F)c1. The van der Waals surface area contributed by atoms with Crippen molar-refractivity contribution in [1.29, 1.82) is 0 Å². The molecular weight excluding hydrogens is 533 g/mol. The van der Waals surface area contributed by atoms with E-state index in [1.165, 1.54) is 12.4 Å². The molecule has 0 fully saturated rings. The summed E-state index contributed by atoms with van der Waals surface area (Å²) in [4.78, 5) is 21.6. The largest absolute Gasteiger partial charge is 0.416 e. The zero-order chi connectivity index (χ0) is 29.6. The van der Waals surface area contributed by atoms with Crippen LogP contribution in [0.3, 0.4) is 0 Å². The van der Waals surface area contributed by atoms with Crippen LogP contribution in [0.1, 0.15) is 52.5 Å². The molecule has 0 aliphatic carbocycles. The maximum Gasteiger partial charge on any atom is 0.416 e. The van der Waals surface area contributed by atoms with Gasteiger partial charge in [-0.25, -0.2) is 9.97 Å². The molecule has 0 atom stereocenters. The van der Waals surface area contributed by atoms with Crippen molar-refractivity contribution in [3.63, 3.8) is 0 Å². The van der Waals surface area contributed by atoms with Crippen LogP contribution in [0.5, 0.6) is 0 Å². The van der Waals surface area contributed by atoms with Gasteiger partial charge in [-0.1, -0.05) is 19.4 Å². The van der Waals surface area contributed by atoms with Gasteiger partial charge in [-0.05, 0) is 68.3 Å². The van der Waals surface area contributed by atoms with Gasteiger partial charge in [0, 0.05) is 42.7 Å². The van der Waals surface area contributed by atoms with Gasteiger partial charge in [0.2, 0.25) is 0 Å². The molecular formula is C29H33F3N8O. The van der Waals surface area contributed by atoms with Crippen molar-refractivity contribution >= 4 is 28.9 Å². The number of anilines is 4. The summed E-state index contributed by atoms with van der Waals surface area (Å²) in [5.41, 5.74) is 2.19. The molecule has 0 aliphatic rings. The highest BCUT2D eigenvalue weighted by Gasteiger charge is 2.31. The fourth-order valence-corrected chi connectivity index (χ4v) is 4.16. The van der Waals surface area contributed by atoms with Crippen molar-refractivity contribution in [3.05, 3.63) is 82.8 Å². The quantitative estimate of drug-likeness (QED) is 0.160. The Balaban J connectivity index is 1.57. The second kappa shape index (κ2) is 12.8. The van der Waals surface area contributed by atoms with Crippen LogP contribution in [0, 0.1) is 13.8 Å². The van der Waals surface area contributed by atoms with E-state index in [1.807, 2.05) is 32.9 Å². The van der Waals surface area contributed by atoms with Gasteiger partial charge < -0.3 is 21.3 Å². The predicted octanol–water partition coefficient (Wildman–Crippen LogP) is 6.23. The average molecular weight is 567 g/mol. The Hall–Kier alpha value is -4.45. The van der Waals surface area contributed by atoms with E-state index in [2.05, 4.69) is 36.3 Å². The number of amides is 1. The number of halogens is 3. The average Bonchev–Trinajstić information content (AvgIpc) is 3.32. The number of alkyl halides is 3. The van der Waals surface area contributed by atoms with Gasteiger partial charge in [-0.15, -0.1) is 0 Å². The highest BCUT2D eigenvalue weighted by atomic mass is 19.4. The fraction of sp³-hybridized carbons (Fsp3) is 0.310. The number of carbonyl (C=O) groups excluding carboxylic acids is 1. The zero-order valence-corrected chi connectivity index (χ0v) is 23.4. The number of nitrogens with zero attached hydrogens (tertiary/aromatic N) is 4. The van der Waals surface area contributed by atoms with Crippen LogP contribution in [0.25, 0.3) is 5.82 Å². The lowest BCUT2D eigenvalue weighted by atomic mass is 10.0. The Morgan fingerprint density at radius 3 is 2.56 bits per heavy atom. The van der Waals surface area contributed by atoms with E-state index in [0.717, 1.165) is 36.2 Å². The maximum absolute atomic E-state index is 13.6. The Morgan fingerprint density at radius 2 is 1.83 bits per heavy atom. The van der Waals surface area contributed by atoms with Gasteiger partial charge in [0.1, 0.15) is 18.0 Å². The molecule has 4 rings (SSSR count). The summed E-state index contributed by atoms with van der Waals surface area (Å²) < 4.78 is 42.5. The second-order valence-electron chi connectivity index (χ2n) is 9.65. The third kappa shape index (κ3) is 7.60. The molecule has 0 bridgehead atoms. The Morgan fingerprint density at radius 1 is 1.02 bits per heavy atom. The van der Waals surface area contributed by atoms with Crippen molar-refractivity contribution in [2.45, 2.75) is 46.3 Å². The van der Waals surface area contributed by atoms with Gasteiger partial charge in [0.15, 0.2) is 5.82 Å². The van der Waals surface area contributed by atoms with E-state index in [9.17, 15) is 18.0 Å². The smallest absolute Gasteiger partial charge is 0.373 e. The molecule has 2 aromatic heterocycles. The highest BCUT2D eigenvalue weighted by molar-refractivity contribution is 6.04. The van der Waals surface area contributed by atoms with Gasteiger partial charge in [-0.2, -0.15) is 23.0 Å². The number of nitrogens with one attached hydrogen (secondary N) is 4. The van der Waals surface area contributed by atoms with Crippen LogP contribution in [-0.4, -0.2) is 39.2 Å². The molecule has 0 saturated carbocycles. The minimum Gasteiger partial charge on any atom is -0.373 e. The lowest BCUT2D eigenvalue weighted by Gasteiger charge is -2.15. The first-order valence-corrected chi connectivity index (χ1v) is 13.2. The highest BCUT2D eigenvalue weighted by Crippen LogP contribution is 2.31. The summed E-state index contributed by atoms with van der Waals surface area (Å²) in [7, 11) is 1.76. The van der Waals surface area contributed by atoms with Gasteiger partial charge in [0.25, 0.3) is 5.91 Å². The van der Waals surface area contributed by atoms with Crippen molar-refractivity contribution < 1.29 is 18.0 Å². The van der Waals surface area contributed by atoms with Crippen molar-refractivity contribution in [2.75, 3.05) is 29.5 Å². The number of unbranched alkanes of at least 4 members (excludes halogenated alkanes) is 1. The van der Waals surface area contributed by atoms with E-state index in [4.69, 9.17) is 0 Å². The molecule has 12 heteroatoms. The molecule has 0 unspecified atom stereocenters. The van der Waals surface area contributed by atoms with E-state index in [1.54, 1.807) is 29.9 Å². The minimum absolute atomic E-state index is 0.0694. The first-order valence-electron chi connectivity index (χ1n) is 13.2. The summed E-state index contributed by atoms with van der Waals surface area (Å²) in [6.07, 6.45) is -1.26. The van der Waals surface area contributed by atoms with Gasteiger partial charge >= 0.3 is 6.18 Å².